The van der Waals surface area contributed by atoms with Gasteiger partial charge in [0.2, 0.25) is 0 Å². The van der Waals surface area contributed by atoms with E-state index in [1.165, 1.54) is 6.07 Å². The molecule has 1 aromatic carbocycles. The maximum Gasteiger partial charge on any atom is 0.124 e. The number of hydrogen-bond donors (Lipinski definition) is 1. The molecule has 0 atom stereocenters. The third kappa shape index (κ3) is 4.87. The summed E-state index contributed by atoms with van der Waals surface area (Å²) in [4.78, 5) is 2.34. The van der Waals surface area contributed by atoms with Crippen LogP contribution in [0.2, 0.25) is 0 Å². The van der Waals surface area contributed by atoms with Crippen LogP contribution in [0.25, 0.3) is 0 Å². The number of halogens is 1. The predicted molar refractivity (Wildman–Crippen MR) is 77.6 cm³/mol. The zero-order valence-corrected chi connectivity index (χ0v) is 11.7. The molecular formula is C15H18FNOS. The number of nitrogens with zero attached hydrogens (tertiary/aromatic N) is 1. The summed E-state index contributed by atoms with van der Waals surface area (Å²) in [5.41, 5.74) is 1.66. The normalized spacial score (nSPS) is 15.9. The Bertz CT molecular complexity index is 475. The molecule has 0 saturated carbocycles. The van der Waals surface area contributed by atoms with E-state index in [0.717, 1.165) is 36.7 Å². The van der Waals surface area contributed by atoms with Crippen LogP contribution in [0.3, 0.4) is 0 Å². The Morgan fingerprint density at radius 3 is 2.79 bits per heavy atom. The molecule has 0 unspecified atom stereocenters. The van der Waals surface area contributed by atoms with Crippen molar-refractivity contribution >= 4 is 11.8 Å². The first-order chi connectivity index (χ1) is 9.28. The lowest BCUT2D eigenvalue weighted by atomic mass is 10.1. The molecule has 0 aliphatic carbocycles. The zero-order valence-electron chi connectivity index (χ0n) is 10.9. The van der Waals surface area contributed by atoms with Crippen molar-refractivity contribution < 1.29 is 9.50 Å². The molecule has 2 nitrogen and oxygen atoms in total. The zero-order chi connectivity index (χ0) is 13.5. The minimum absolute atomic E-state index is 0.0423. The number of aliphatic hydroxyl groups excluding tert-OH is 1. The summed E-state index contributed by atoms with van der Waals surface area (Å²) < 4.78 is 13.6. The Balaban J connectivity index is 2.05. The molecule has 2 rings (SSSR count). The van der Waals surface area contributed by atoms with Crippen LogP contribution in [-0.2, 0) is 6.54 Å². The lowest BCUT2D eigenvalue weighted by molar-refractivity contribution is 0.294. The molecule has 0 amide bonds. The molecule has 1 fully saturated rings. The van der Waals surface area contributed by atoms with Crippen molar-refractivity contribution in [2.24, 2.45) is 0 Å². The van der Waals surface area contributed by atoms with Crippen molar-refractivity contribution in [2.45, 2.75) is 13.0 Å². The number of hydrogen-bond acceptors (Lipinski definition) is 3. The molecule has 1 N–H and O–H groups in total. The topological polar surface area (TPSA) is 23.5 Å². The van der Waals surface area contributed by atoms with Crippen molar-refractivity contribution in [3.8, 4) is 11.8 Å². The van der Waals surface area contributed by atoms with Crippen LogP contribution in [0.15, 0.2) is 18.2 Å². The number of benzene rings is 1. The van der Waals surface area contributed by atoms with Gasteiger partial charge in [0.15, 0.2) is 0 Å². The van der Waals surface area contributed by atoms with Gasteiger partial charge in [-0.1, -0.05) is 11.8 Å². The van der Waals surface area contributed by atoms with Crippen molar-refractivity contribution in [3.63, 3.8) is 0 Å². The molecule has 1 aliphatic heterocycles. The van der Waals surface area contributed by atoms with Gasteiger partial charge in [-0.25, -0.2) is 4.39 Å². The molecule has 0 aromatic heterocycles. The lowest BCUT2D eigenvalue weighted by Crippen LogP contribution is -2.32. The van der Waals surface area contributed by atoms with E-state index in [1.54, 1.807) is 6.07 Å². The minimum Gasteiger partial charge on any atom is -0.395 e. The summed E-state index contributed by atoms with van der Waals surface area (Å²) in [5, 5.41) is 8.68. The van der Waals surface area contributed by atoms with Gasteiger partial charge in [0, 0.05) is 43.1 Å². The van der Waals surface area contributed by atoms with Gasteiger partial charge >= 0.3 is 0 Å². The summed E-state index contributed by atoms with van der Waals surface area (Å²) in [5.74, 6) is 7.78. The monoisotopic (exact) mass is 279 g/mol. The van der Waals surface area contributed by atoms with Crippen LogP contribution in [-0.4, -0.2) is 41.2 Å². The summed E-state index contributed by atoms with van der Waals surface area (Å²) in [7, 11) is 0. The second-order valence-electron chi connectivity index (χ2n) is 4.51. The molecule has 102 valence electrons. The van der Waals surface area contributed by atoms with Gasteiger partial charge in [0.05, 0.1) is 6.61 Å². The summed E-state index contributed by atoms with van der Waals surface area (Å²) in [6.07, 6.45) is 0.426. The van der Waals surface area contributed by atoms with Crippen LogP contribution < -0.4 is 0 Å². The predicted octanol–water partition coefficient (Wildman–Crippen LogP) is 2.11. The molecule has 1 aliphatic rings. The lowest BCUT2D eigenvalue weighted by Gasteiger charge is -2.26. The fourth-order valence-electron chi connectivity index (χ4n) is 2.05. The Morgan fingerprint density at radius 2 is 2.05 bits per heavy atom. The van der Waals surface area contributed by atoms with E-state index >= 15 is 0 Å². The van der Waals surface area contributed by atoms with E-state index in [0.29, 0.717) is 12.0 Å². The molecular weight excluding hydrogens is 261 g/mol. The highest BCUT2D eigenvalue weighted by molar-refractivity contribution is 7.99. The number of aliphatic hydroxyl groups is 1. The van der Waals surface area contributed by atoms with Crippen LogP contribution in [0, 0.1) is 17.7 Å². The fourth-order valence-corrected chi connectivity index (χ4v) is 3.03. The summed E-state index contributed by atoms with van der Waals surface area (Å²) in [6.45, 7) is 2.95. The summed E-state index contributed by atoms with van der Waals surface area (Å²) in [6, 6.07) is 4.97. The second kappa shape index (κ2) is 7.54. The highest BCUT2D eigenvalue weighted by Crippen LogP contribution is 2.15. The highest BCUT2D eigenvalue weighted by atomic mass is 32.2. The standard InChI is InChI=1S/C15H18FNOS/c16-15-10-13(3-1-2-6-18)9-14(11-15)12-17-4-7-19-8-5-17/h9-11,18H,2,4-8,12H2. The fraction of sp³-hybridized carbons (Fsp3) is 0.467. The Hall–Kier alpha value is -1.02. The first-order valence-corrected chi connectivity index (χ1v) is 7.63. The SMILES string of the molecule is OCCC#Cc1cc(F)cc(CN2CCSCC2)c1. The molecule has 19 heavy (non-hydrogen) atoms. The van der Waals surface area contributed by atoms with Crippen molar-refractivity contribution in [1.82, 2.24) is 4.90 Å². The second-order valence-corrected chi connectivity index (χ2v) is 5.74. The third-order valence-electron chi connectivity index (χ3n) is 2.94. The quantitative estimate of drug-likeness (QED) is 0.857. The van der Waals surface area contributed by atoms with E-state index in [1.807, 2.05) is 17.8 Å². The average molecular weight is 279 g/mol. The minimum atomic E-state index is -0.239. The van der Waals surface area contributed by atoms with Gasteiger partial charge in [0.1, 0.15) is 5.82 Å². The molecule has 1 heterocycles. The molecule has 0 spiro atoms. The molecule has 4 heteroatoms. The maximum atomic E-state index is 13.6. The Kier molecular flexibility index (Phi) is 5.71. The van der Waals surface area contributed by atoms with E-state index in [9.17, 15) is 4.39 Å². The molecule has 0 bridgehead atoms. The van der Waals surface area contributed by atoms with Crippen LogP contribution >= 0.6 is 11.8 Å². The van der Waals surface area contributed by atoms with E-state index in [-0.39, 0.29) is 12.4 Å². The largest absolute Gasteiger partial charge is 0.395 e. The third-order valence-corrected chi connectivity index (χ3v) is 3.88. The van der Waals surface area contributed by atoms with Crippen LogP contribution in [0.4, 0.5) is 4.39 Å². The van der Waals surface area contributed by atoms with Gasteiger partial charge in [-0.15, -0.1) is 0 Å². The first-order valence-electron chi connectivity index (χ1n) is 6.47. The van der Waals surface area contributed by atoms with Crippen LogP contribution in [0.1, 0.15) is 17.5 Å². The maximum absolute atomic E-state index is 13.6. The smallest absolute Gasteiger partial charge is 0.124 e. The molecule has 0 radical (unpaired) electrons. The van der Waals surface area contributed by atoms with E-state index in [2.05, 4.69) is 16.7 Å². The van der Waals surface area contributed by atoms with Crippen molar-refractivity contribution in [1.29, 1.82) is 0 Å². The van der Waals surface area contributed by atoms with Crippen LogP contribution in [0.5, 0.6) is 0 Å². The number of thioether (sulfide) groups is 1. The van der Waals surface area contributed by atoms with Crippen molar-refractivity contribution in [3.05, 3.63) is 35.1 Å². The van der Waals surface area contributed by atoms with Gasteiger partial charge < -0.3 is 5.11 Å². The van der Waals surface area contributed by atoms with Crippen molar-refractivity contribution in [2.75, 3.05) is 31.2 Å². The summed E-state index contributed by atoms with van der Waals surface area (Å²) >= 11 is 1.97. The Labute approximate surface area is 118 Å². The highest BCUT2D eigenvalue weighted by Gasteiger charge is 2.11. The van der Waals surface area contributed by atoms with Gasteiger partial charge in [-0.3, -0.25) is 4.90 Å². The number of rotatable bonds is 3. The average Bonchev–Trinajstić information content (AvgIpc) is 2.39. The van der Waals surface area contributed by atoms with Gasteiger partial charge in [0.25, 0.3) is 0 Å². The van der Waals surface area contributed by atoms with E-state index < -0.39 is 0 Å². The first kappa shape index (κ1) is 14.4. The Morgan fingerprint density at radius 1 is 1.26 bits per heavy atom. The van der Waals surface area contributed by atoms with E-state index in [4.69, 9.17) is 5.11 Å². The molecule has 1 aromatic rings. The molecule has 1 saturated heterocycles. The van der Waals surface area contributed by atoms with Gasteiger partial charge in [-0.2, -0.15) is 11.8 Å². The van der Waals surface area contributed by atoms with Gasteiger partial charge in [-0.05, 0) is 23.8 Å².